The van der Waals surface area contributed by atoms with Crippen LogP contribution in [0.15, 0.2) is 29.2 Å². The minimum atomic E-state index is -1.07. The summed E-state index contributed by atoms with van der Waals surface area (Å²) in [5.74, 6) is -0.237. The maximum atomic E-state index is 12.4. The normalized spacial score (nSPS) is 11.5. The molecule has 1 atom stereocenters. The van der Waals surface area contributed by atoms with Gasteiger partial charge in [0.15, 0.2) is 0 Å². The van der Waals surface area contributed by atoms with Gasteiger partial charge in [0, 0.05) is 37.1 Å². The highest BCUT2D eigenvalue weighted by Crippen LogP contribution is 2.22. The first-order valence-corrected chi connectivity index (χ1v) is 8.87. The number of carboxylic acid groups (broad SMARTS) is 1. The topological polar surface area (TPSA) is 95.9 Å². The number of carbonyl (C=O) groups excluding carboxylic acids is 2. The number of amides is 2. The molecule has 0 aliphatic rings. The standard InChI is InChI=1S/C17H24N2O5S/c1-12(17(22)23)19(10-9-18-13(2)20)16(21)8-11-25-15-6-4-14(24-3)5-7-15/h4-7,12H,8-11H2,1-3H3,(H,18,20)(H,22,23). The van der Waals surface area contributed by atoms with E-state index in [1.54, 1.807) is 7.11 Å². The predicted molar refractivity (Wildman–Crippen MR) is 95.8 cm³/mol. The van der Waals surface area contributed by atoms with Gasteiger partial charge in [0.2, 0.25) is 11.8 Å². The first-order valence-electron chi connectivity index (χ1n) is 7.88. The lowest BCUT2D eigenvalue weighted by Gasteiger charge is -2.26. The smallest absolute Gasteiger partial charge is 0.326 e. The van der Waals surface area contributed by atoms with E-state index < -0.39 is 12.0 Å². The molecule has 25 heavy (non-hydrogen) atoms. The molecule has 138 valence electrons. The van der Waals surface area contributed by atoms with Gasteiger partial charge in [-0.1, -0.05) is 0 Å². The summed E-state index contributed by atoms with van der Waals surface area (Å²) in [6.45, 7) is 3.23. The summed E-state index contributed by atoms with van der Waals surface area (Å²) in [7, 11) is 1.60. The van der Waals surface area contributed by atoms with Gasteiger partial charge in [-0.15, -0.1) is 11.8 Å². The van der Waals surface area contributed by atoms with Crippen LogP contribution in [-0.4, -0.2) is 59.8 Å². The molecule has 1 unspecified atom stereocenters. The van der Waals surface area contributed by atoms with E-state index in [0.29, 0.717) is 5.75 Å². The molecule has 7 nitrogen and oxygen atoms in total. The Kier molecular flexibility index (Phi) is 8.83. The van der Waals surface area contributed by atoms with Gasteiger partial charge in [-0.2, -0.15) is 0 Å². The van der Waals surface area contributed by atoms with Crippen LogP contribution in [0.25, 0.3) is 0 Å². The third-order valence-corrected chi connectivity index (χ3v) is 4.53. The van der Waals surface area contributed by atoms with Crippen molar-refractivity contribution < 1.29 is 24.2 Å². The lowest BCUT2D eigenvalue weighted by molar-refractivity contribution is -0.149. The summed E-state index contributed by atoms with van der Waals surface area (Å²) in [5, 5.41) is 11.7. The van der Waals surface area contributed by atoms with Gasteiger partial charge in [0.05, 0.1) is 7.11 Å². The van der Waals surface area contributed by atoms with E-state index in [-0.39, 0.29) is 31.3 Å². The van der Waals surface area contributed by atoms with Crippen LogP contribution in [0.1, 0.15) is 20.3 Å². The fourth-order valence-electron chi connectivity index (χ4n) is 2.09. The summed E-state index contributed by atoms with van der Waals surface area (Å²) in [4.78, 5) is 36.8. The SMILES string of the molecule is COc1ccc(SCCC(=O)N(CCNC(C)=O)C(C)C(=O)O)cc1. The van der Waals surface area contributed by atoms with Gasteiger partial charge >= 0.3 is 5.97 Å². The first kappa shape index (κ1) is 20.8. The second-order valence-electron chi connectivity index (χ2n) is 5.36. The molecule has 0 saturated carbocycles. The molecule has 0 aliphatic carbocycles. The van der Waals surface area contributed by atoms with Crippen molar-refractivity contribution in [3.8, 4) is 5.75 Å². The molecule has 2 N–H and O–H groups in total. The number of methoxy groups -OCH3 is 1. The Balaban J connectivity index is 2.54. The Bertz CT molecular complexity index is 591. The molecule has 0 aliphatic heterocycles. The largest absolute Gasteiger partial charge is 0.497 e. The number of nitrogens with zero attached hydrogens (tertiary/aromatic N) is 1. The third kappa shape index (κ3) is 7.47. The van der Waals surface area contributed by atoms with E-state index in [1.807, 2.05) is 24.3 Å². The van der Waals surface area contributed by atoms with Crippen molar-refractivity contribution in [2.45, 2.75) is 31.2 Å². The quantitative estimate of drug-likeness (QED) is 0.609. The molecular weight excluding hydrogens is 344 g/mol. The monoisotopic (exact) mass is 368 g/mol. The van der Waals surface area contributed by atoms with Crippen LogP contribution in [0, 0.1) is 0 Å². The van der Waals surface area contributed by atoms with Crippen molar-refractivity contribution in [1.29, 1.82) is 0 Å². The third-order valence-electron chi connectivity index (χ3n) is 3.52. The number of carbonyl (C=O) groups is 3. The van der Waals surface area contributed by atoms with Crippen LogP contribution in [0.5, 0.6) is 5.75 Å². The number of aliphatic carboxylic acids is 1. The first-order chi connectivity index (χ1) is 11.8. The molecule has 0 aromatic heterocycles. The molecule has 0 fully saturated rings. The number of carboxylic acids is 1. The number of ether oxygens (including phenoxy) is 1. The maximum absolute atomic E-state index is 12.4. The van der Waals surface area contributed by atoms with Gasteiger partial charge in [-0.3, -0.25) is 9.59 Å². The number of rotatable bonds is 10. The molecule has 0 saturated heterocycles. The minimum Gasteiger partial charge on any atom is -0.497 e. The Morgan fingerprint density at radius 3 is 2.44 bits per heavy atom. The van der Waals surface area contributed by atoms with Crippen LogP contribution in [0.3, 0.4) is 0 Å². The summed E-state index contributed by atoms with van der Waals surface area (Å²) >= 11 is 1.51. The van der Waals surface area contributed by atoms with Gasteiger partial charge in [0.25, 0.3) is 0 Å². The van der Waals surface area contributed by atoms with Crippen LogP contribution >= 0.6 is 11.8 Å². The van der Waals surface area contributed by atoms with Crippen LogP contribution in [-0.2, 0) is 14.4 Å². The lowest BCUT2D eigenvalue weighted by atomic mass is 10.2. The highest BCUT2D eigenvalue weighted by Gasteiger charge is 2.24. The predicted octanol–water partition coefficient (Wildman–Crippen LogP) is 1.62. The number of hydrogen-bond donors (Lipinski definition) is 2. The highest BCUT2D eigenvalue weighted by molar-refractivity contribution is 7.99. The number of hydrogen-bond acceptors (Lipinski definition) is 5. The van der Waals surface area contributed by atoms with E-state index >= 15 is 0 Å². The fraction of sp³-hybridized carbons (Fsp3) is 0.471. The van der Waals surface area contributed by atoms with Gasteiger partial charge < -0.3 is 20.1 Å². The van der Waals surface area contributed by atoms with Crippen LogP contribution < -0.4 is 10.1 Å². The highest BCUT2D eigenvalue weighted by atomic mass is 32.2. The minimum absolute atomic E-state index is 0.166. The zero-order valence-corrected chi connectivity index (χ0v) is 15.5. The Morgan fingerprint density at radius 1 is 1.28 bits per heavy atom. The molecule has 0 heterocycles. The fourth-order valence-corrected chi connectivity index (χ4v) is 2.93. The average Bonchev–Trinajstić information content (AvgIpc) is 2.58. The van der Waals surface area contributed by atoms with Crippen molar-refractivity contribution in [2.75, 3.05) is 26.0 Å². The van der Waals surface area contributed by atoms with Gasteiger partial charge in [0.1, 0.15) is 11.8 Å². The van der Waals surface area contributed by atoms with Gasteiger partial charge in [-0.25, -0.2) is 4.79 Å². The second-order valence-corrected chi connectivity index (χ2v) is 6.53. The van der Waals surface area contributed by atoms with E-state index in [1.165, 1.54) is 30.5 Å². The molecular formula is C17H24N2O5S. The van der Waals surface area contributed by atoms with Crippen molar-refractivity contribution >= 4 is 29.5 Å². The van der Waals surface area contributed by atoms with E-state index in [0.717, 1.165) is 10.6 Å². The van der Waals surface area contributed by atoms with E-state index in [4.69, 9.17) is 9.84 Å². The van der Waals surface area contributed by atoms with E-state index in [9.17, 15) is 14.4 Å². The molecule has 0 bridgehead atoms. The Morgan fingerprint density at radius 2 is 1.92 bits per heavy atom. The number of nitrogens with one attached hydrogen (secondary N) is 1. The van der Waals surface area contributed by atoms with Crippen molar-refractivity contribution in [2.24, 2.45) is 0 Å². The lowest BCUT2D eigenvalue weighted by Crippen LogP contribution is -2.46. The van der Waals surface area contributed by atoms with Gasteiger partial charge in [-0.05, 0) is 31.2 Å². The van der Waals surface area contributed by atoms with Crippen LogP contribution in [0.4, 0.5) is 0 Å². The number of thioether (sulfide) groups is 1. The molecule has 2 amide bonds. The number of benzene rings is 1. The zero-order valence-electron chi connectivity index (χ0n) is 14.7. The van der Waals surface area contributed by atoms with Crippen LogP contribution in [0.2, 0.25) is 0 Å². The second kappa shape index (κ2) is 10.6. The van der Waals surface area contributed by atoms with Crippen molar-refractivity contribution in [3.63, 3.8) is 0 Å². The van der Waals surface area contributed by atoms with Crippen molar-refractivity contribution in [1.82, 2.24) is 10.2 Å². The molecule has 1 aromatic rings. The Labute approximate surface area is 151 Å². The average molecular weight is 368 g/mol. The molecule has 0 spiro atoms. The maximum Gasteiger partial charge on any atom is 0.326 e. The summed E-state index contributed by atoms with van der Waals surface area (Å²) in [6, 6.07) is 6.56. The Hall–Kier alpha value is -2.22. The summed E-state index contributed by atoms with van der Waals surface area (Å²) < 4.78 is 5.09. The van der Waals surface area contributed by atoms with Crippen molar-refractivity contribution in [3.05, 3.63) is 24.3 Å². The molecule has 0 radical (unpaired) electrons. The summed E-state index contributed by atoms with van der Waals surface area (Å²) in [5.41, 5.74) is 0. The molecule has 8 heteroatoms. The molecule has 1 aromatic carbocycles. The van der Waals surface area contributed by atoms with E-state index in [2.05, 4.69) is 5.32 Å². The molecule has 1 rings (SSSR count). The zero-order chi connectivity index (χ0) is 18.8. The summed E-state index contributed by atoms with van der Waals surface area (Å²) in [6.07, 6.45) is 0.217.